The van der Waals surface area contributed by atoms with Crippen molar-refractivity contribution >= 4 is 28.9 Å². The summed E-state index contributed by atoms with van der Waals surface area (Å²) in [5.74, 6) is 0.489. The van der Waals surface area contributed by atoms with Crippen LogP contribution in [-0.4, -0.2) is 46.7 Å². The summed E-state index contributed by atoms with van der Waals surface area (Å²) in [4.78, 5) is 34.8. The molecule has 0 aliphatic heterocycles. The molecular formula is C24H27N5O2. The van der Waals surface area contributed by atoms with Gasteiger partial charge in [0, 0.05) is 29.6 Å². The summed E-state index contributed by atoms with van der Waals surface area (Å²) < 4.78 is 0. The van der Waals surface area contributed by atoms with E-state index in [-0.39, 0.29) is 17.7 Å². The number of nitrogens with zero attached hydrogens (tertiary/aromatic N) is 2. The number of rotatable bonds is 6. The van der Waals surface area contributed by atoms with Crippen LogP contribution >= 0.6 is 0 Å². The Bertz CT molecular complexity index is 1100. The number of carbonyl (C=O) groups excluding carboxylic acids is 2. The van der Waals surface area contributed by atoms with Gasteiger partial charge in [-0.05, 0) is 58.1 Å². The SMILES string of the molecule is C[C@H](C(=O)Nc1cc(-c2[nH]c3c(c2Nc2ccccc2)C(=O)CCC3)ccn1)N(C)C. The molecule has 7 nitrogen and oxygen atoms in total. The van der Waals surface area contributed by atoms with Gasteiger partial charge in [0.15, 0.2) is 5.78 Å². The highest BCUT2D eigenvalue weighted by Gasteiger charge is 2.27. The van der Waals surface area contributed by atoms with Gasteiger partial charge in [0.1, 0.15) is 5.82 Å². The molecule has 3 aromatic rings. The third-order valence-electron chi connectivity index (χ3n) is 5.68. The van der Waals surface area contributed by atoms with Crippen LogP contribution in [-0.2, 0) is 11.2 Å². The fourth-order valence-corrected chi connectivity index (χ4v) is 3.72. The van der Waals surface area contributed by atoms with E-state index in [2.05, 4.69) is 20.6 Å². The van der Waals surface area contributed by atoms with Crippen molar-refractivity contribution in [2.75, 3.05) is 24.7 Å². The van der Waals surface area contributed by atoms with Gasteiger partial charge < -0.3 is 15.6 Å². The third kappa shape index (κ3) is 4.36. The lowest BCUT2D eigenvalue weighted by Crippen LogP contribution is -2.37. The molecule has 0 fully saturated rings. The zero-order valence-electron chi connectivity index (χ0n) is 18.0. The summed E-state index contributed by atoms with van der Waals surface area (Å²) in [6.07, 6.45) is 3.89. The molecule has 1 amide bonds. The second-order valence-corrected chi connectivity index (χ2v) is 8.05. The Kier molecular flexibility index (Phi) is 5.86. The highest BCUT2D eigenvalue weighted by molar-refractivity contribution is 6.07. The standard InChI is InChI=1S/C24H27N5O2/c1-15(29(2)3)24(31)28-20-14-16(12-13-25-20)22-23(26-17-8-5-4-6-9-17)21-18(27-22)10-7-11-19(21)30/h4-6,8-9,12-15,26-27H,7,10-11H2,1-3H3,(H,25,28,31)/t15-/m1/s1. The average Bonchev–Trinajstić information content (AvgIpc) is 3.13. The molecule has 31 heavy (non-hydrogen) atoms. The Morgan fingerprint density at radius 1 is 1.16 bits per heavy atom. The average molecular weight is 418 g/mol. The summed E-state index contributed by atoms with van der Waals surface area (Å²) in [5.41, 5.74) is 5.04. The molecule has 1 atom stereocenters. The minimum absolute atomic E-state index is 0.127. The van der Waals surface area contributed by atoms with Crippen molar-refractivity contribution in [3.8, 4) is 11.3 Å². The number of anilines is 3. The number of hydrogen-bond donors (Lipinski definition) is 3. The van der Waals surface area contributed by atoms with Gasteiger partial charge in [-0.2, -0.15) is 0 Å². The number of aryl methyl sites for hydroxylation is 1. The number of aromatic amines is 1. The number of amides is 1. The first-order valence-corrected chi connectivity index (χ1v) is 10.5. The zero-order chi connectivity index (χ0) is 22.0. The fourth-order valence-electron chi connectivity index (χ4n) is 3.72. The lowest BCUT2D eigenvalue weighted by Gasteiger charge is -2.18. The minimum Gasteiger partial charge on any atom is -0.356 e. The van der Waals surface area contributed by atoms with E-state index in [0.717, 1.165) is 46.7 Å². The number of fused-ring (bicyclic) bond motifs is 1. The van der Waals surface area contributed by atoms with Crippen molar-refractivity contribution in [3.63, 3.8) is 0 Å². The highest BCUT2D eigenvalue weighted by Crippen LogP contribution is 2.39. The first-order valence-electron chi connectivity index (χ1n) is 10.5. The maximum Gasteiger partial charge on any atom is 0.242 e. The van der Waals surface area contributed by atoms with E-state index in [1.165, 1.54) is 0 Å². The second kappa shape index (κ2) is 8.73. The predicted molar refractivity (Wildman–Crippen MR) is 123 cm³/mol. The summed E-state index contributed by atoms with van der Waals surface area (Å²) in [7, 11) is 3.71. The number of likely N-dealkylation sites (N-methyl/N-ethyl adjacent to an activating group) is 1. The number of benzene rings is 1. The largest absolute Gasteiger partial charge is 0.356 e. The van der Waals surface area contributed by atoms with E-state index in [1.807, 2.05) is 68.4 Å². The topological polar surface area (TPSA) is 90.1 Å². The molecule has 160 valence electrons. The maximum absolute atomic E-state index is 12.8. The van der Waals surface area contributed by atoms with E-state index in [1.54, 1.807) is 6.20 Å². The van der Waals surface area contributed by atoms with Crippen LogP contribution in [0.1, 0.15) is 35.8 Å². The number of pyridine rings is 1. The van der Waals surface area contributed by atoms with E-state index in [4.69, 9.17) is 0 Å². The van der Waals surface area contributed by atoms with Crippen molar-refractivity contribution in [3.05, 3.63) is 59.9 Å². The number of Topliss-reactive ketones (excluding diaryl/α,β-unsaturated/α-hetero) is 1. The Morgan fingerprint density at radius 2 is 1.94 bits per heavy atom. The normalized spacial score (nSPS) is 14.3. The van der Waals surface area contributed by atoms with Gasteiger partial charge in [0.25, 0.3) is 0 Å². The summed E-state index contributed by atoms with van der Waals surface area (Å²) in [5, 5.41) is 6.32. The van der Waals surface area contributed by atoms with Crippen LogP contribution in [0.4, 0.5) is 17.2 Å². The number of aromatic nitrogens is 2. The fraction of sp³-hybridized carbons (Fsp3) is 0.292. The van der Waals surface area contributed by atoms with Gasteiger partial charge in [-0.1, -0.05) is 18.2 Å². The van der Waals surface area contributed by atoms with Gasteiger partial charge in [0.2, 0.25) is 5.91 Å². The summed E-state index contributed by atoms with van der Waals surface area (Å²) in [6, 6.07) is 13.2. The molecule has 0 bridgehead atoms. The maximum atomic E-state index is 12.8. The van der Waals surface area contributed by atoms with Crippen LogP contribution < -0.4 is 10.6 Å². The number of hydrogen-bond acceptors (Lipinski definition) is 5. The first kappa shape index (κ1) is 20.8. The van der Waals surface area contributed by atoms with Crippen molar-refractivity contribution in [2.24, 2.45) is 0 Å². The van der Waals surface area contributed by atoms with Crippen LogP contribution in [0.3, 0.4) is 0 Å². The molecule has 1 aliphatic carbocycles. The molecule has 0 spiro atoms. The quantitative estimate of drug-likeness (QED) is 0.558. The molecule has 0 saturated carbocycles. The van der Waals surface area contributed by atoms with Crippen LogP contribution in [0.25, 0.3) is 11.3 Å². The van der Waals surface area contributed by atoms with E-state index in [0.29, 0.717) is 12.2 Å². The van der Waals surface area contributed by atoms with Crippen LogP contribution in [0.5, 0.6) is 0 Å². The molecule has 0 radical (unpaired) electrons. The lowest BCUT2D eigenvalue weighted by atomic mass is 9.95. The van der Waals surface area contributed by atoms with Gasteiger partial charge in [0.05, 0.1) is 23.0 Å². The summed E-state index contributed by atoms with van der Waals surface area (Å²) >= 11 is 0. The summed E-state index contributed by atoms with van der Waals surface area (Å²) in [6.45, 7) is 1.84. The molecule has 2 heterocycles. The molecule has 0 unspecified atom stereocenters. The monoisotopic (exact) mass is 417 g/mol. The minimum atomic E-state index is -0.281. The van der Waals surface area contributed by atoms with E-state index >= 15 is 0 Å². The molecule has 7 heteroatoms. The third-order valence-corrected chi connectivity index (χ3v) is 5.68. The number of nitrogens with one attached hydrogen (secondary N) is 3. The second-order valence-electron chi connectivity index (χ2n) is 8.05. The van der Waals surface area contributed by atoms with Gasteiger partial charge >= 0.3 is 0 Å². The smallest absolute Gasteiger partial charge is 0.242 e. The van der Waals surface area contributed by atoms with Crippen molar-refractivity contribution in [1.29, 1.82) is 0 Å². The van der Waals surface area contributed by atoms with Gasteiger partial charge in [-0.25, -0.2) is 4.98 Å². The van der Waals surface area contributed by atoms with Gasteiger partial charge in [-0.3, -0.25) is 14.5 Å². The molecular weight excluding hydrogens is 390 g/mol. The van der Waals surface area contributed by atoms with Crippen LogP contribution in [0.2, 0.25) is 0 Å². The first-order chi connectivity index (χ1) is 14.9. The Hall–Kier alpha value is -3.45. The van der Waals surface area contributed by atoms with E-state index < -0.39 is 0 Å². The van der Waals surface area contributed by atoms with Gasteiger partial charge in [-0.15, -0.1) is 0 Å². The number of para-hydroxylation sites is 1. The highest BCUT2D eigenvalue weighted by atomic mass is 16.2. The number of carbonyl (C=O) groups is 2. The Balaban J connectivity index is 1.72. The zero-order valence-corrected chi connectivity index (χ0v) is 18.0. The van der Waals surface area contributed by atoms with Crippen LogP contribution in [0, 0.1) is 0 Å². The Morgan fingerprint density at radius 3 is 2.68 bits per heavy atom. The number of H-pyrrole nitrogens is 1. The van der Waals surface area contributed by atoms with Crippen molar-refractivity contribution in [2.45, 2.75) is 32.2 Å². The molecule has 0 saturated heterocycles. The van der Waals surface area contributed by atoms with Crippen molar-refractivity contribution < 1.29 is 9.59 Å². The molecule has 1 aromatic carbocycles. The molecule has 2 aromatic heterocycles. The lowest BCUT2D eigenvalue weighted by molar-refractivity contribution is -0.119. The van der Waals surface area contributed by atoms with E-state index in [9.17, 15) is 9.59 Å². The van der Waals surface area contributed by atoms with Crippen molar-refractivity contribution in [1.82, 2.24) is 14.9 Å². The number of ketones is 1. The molecule has 4 rings (SSSR count). The predicted octanol–water partition coefficient (Wildman–Crippen LogP) is 4.23. The van der Waals surface area contributed by atoms with Crippen LogP contribution in [0.15, 0.2) is 48.7 Å². The molecule has 3 N–H and O–H groups in total. The molecule has 1 aliphatic rings. The Labute approximate surface area is 181 Å².